The van der Waals surface area contributed by atoms with E-state index < -0.39 is 32.5 Å². The number of phosphoric acid groups is 1. The Morgan fingerprint density at radius 1 is 0.585 bits per heavy atom. The van der Waals surface area contributed by atoms with E-state index in [-0.39, 0.29) is 32.6 Å². The van der Waals surface area contributed by atoms with Crippen molar-refractivity contribution in [2.75, 3.05) is 26.4 Å². The van der Waals surface area contributed by atoms with Crippen molar-refractivity contribution in [2.24, 2.45) is 5.73 Å². The maximum Gasteiger partial charge on any atom is 0.472 e. The number of rotatable bonds is 36. The van der Waals surface area contributed by atoms with Gasteiger partial charge in [0.2, 0.25) is 0 Å². The van der Waals surface area contributed by atoms with Crippen LogP contribution in [0.3, 0.4) is 0 Å². The van der Waals surface area contributed by atoms with Gasteiger partial charge >= 0.3 is 19.8 Å². The number of nitrogens with two attached hydrogens (primary N) is 1. The van der Waals surface area contributed by atoms with Crippen LogP contribution in [0, 0.1) is 0 Å². The molecule has 9 nitrogen and oxygen atoms in total. The quantitative estimate of drug-likeness (QED) is 0.0277. The Kier molecular flexibility index (Phi) is 36.8. The van der Waals surface area contributed by atoms with Crippen molar-refractivity contribution in [1.82, 2.24) is 0 Å². The van der Waals surface area contributed by atoms with Crippen LogP contribution in [0.25, 0.3) is 0 Å². The van der Waals surface area contributed by atoms with Gasteiger partial charge in [-0.3, -0.25) is 18.6 Å². The normalized spacial score (nSPS) is 14.3. The van der Waals surface area contributed by atoms with E-state index in [0.29, 0.717) is 12.8 Å². The molecule has 3 N–H and O–H groups in total. The molecule has 0 aromatic rings. The van der Waals surface area contributed by atoms with Gasteiger partial charge in [-0.05, 0) is 77.0 Å². The molecule has 0 aromatic heterocycles. The second kappa shape index (κ2) is 38.9. The van der Waals surface area contributed by atoms with Crippen molar-refractivity contribution >= 4 is 19.8 Å². The number of hydrogen-bond acceptors (Lipinski definition) is 8. The summed E-state index contributed by atoms with van der Waals surface area (Å²) in [5, 5.41) is 0. The Balaban J connectivity index is 4.37. The second-order valence-electron chi connectivity index (χ2n) is 12.8. The van der Waals surface area contributed by atoms with Crippen LogP contribution in [0.4, 0.5) is 0 Å². The predicted molar refractivity (Wildman–Crippen MR) is 219 cm³/mol. The first-order valence-electron chi connectivity index (χ1n) is 20.1. The molecule has 0 saturated carbocycles. The van der Waals surface area contributed by atoms with Gasteiger partial charge in [0.15, 0.2) is 6.10 Å². The maximum absolute atomic E-state index is 12.5. The lowest BCUT2D eigenvalue weighted by atomic mass is 10.1. The number of phosphoric ester groups is 1. The molecule has 302 valence electrons. The summed E-state index contributed by atoms with van der Waals surface area (Å²) in [6.07, 6.45) is 47.7. The standard InChI is InChI=1S/C43H72NO8P/c1-3-5-7-9-11-13-15-17-18-19-20-21-22-24-26-28-30-32-34-36-43(46)52-41(40-51-53(47,48)50-38-37-44)39-49-42(45)35-33-31-29-27-25-23-16-14-12-10-8-6-4-2/h5,7,11,13-14,16-18,20-21,24,26,30,32,41H,3-4,6,8-10,12,15,19,22-23,25,27-29,31,33-40,44H2,1-2H3,(H,47,48)/b7-5-,13-11-,16-14-,18-17-,21-20-,26-24-,32-30-. The summed E-state index contributed by atoms with van der Waals surface area (Å²) >= 11 is 0. The highest BCUT2D eigenvalue weighted by Crippen LogP contribution is 2.43. The van der Waals surface area contributed by atoms with Crippen molar-refractivity contribution in [1.29, 1.82) is 0 Å². The van der Waals surface area contributed by atoms with Crippen LogP contribution in [0.15, 0.2) is 85.1 Å². The number of hydrogen-bond donors (Lipinski definition) is 2. The highest BCUT2D eigenvalue weighted by molar-refractivity contribution is 7.47. The van der Waals surface area contributed by atoms with Crippen LogP contribution >= 0.6 is 7.82 Å². The van der Waals surface area contributed by atoms with Gasteiger partial charge in [0, 0.05) is 19.4 Å². The average molecular weight is 762 g/mol. The maximum atomic E-state index is 12.5. The summed E-state index contributed by atoms with van der Waals surface area (Å²) in [7, 11) is -4.40. The monoisotopic (exact) mass is 761 g/mol. The smallest absolute Gasteiger partial charge is 0.462 e. The summed E-state index contributed by atoms with van der Waals surface area (Å²) in [6.45, 7) is 3.47. The molecule has 10 heteroatoms. The molecule has 0 heterocycles. The minimum Gasteiger partial charge on any atom is -0.462 e. The zero-order chi connectivity index (χ0) is 38.9. The molecule has 0 aliphatic heterocycles. The molecule has 0 fully saturated rings. The molecule has 0 saturated heterocycles. The molecular weight excluding hydrogens is 689 g/mol. The van der Waals surface area contributed by atoms with Gasteiger partial charge in [-0.25, -0.2) is 4.57 Å². The molecule has 0 amide bonds. The van der Waals surface area contributed by atoms with Gasteiger partial charge in [0.25, 0.3) is 0 Å². The lowest BCUT2D eigenvalue weighted by Gasteiger charge is -2.19. The summed E-state index contributed by atoms with van der Waals surface area (Å²) < 4.78 is 32.6. The number of unbranched alkanes of at least 4 members (excludes halogenated alkanes) is 9. The van der Waals surface area contributed by atoms with Crippen molar-refractivity contribution < 1.29 is 37.6 Å². The van der Waals surface area contributed by atoms with E-state index in [1.54, 1.807) is 0 Å². The molecule has 2 unspecified atom stereocenters. The lowest BCUT2D eigenvalue weighted by molar-refractivity contribution is -0.161. The number of carbonyl (C=O) groups excluding carboxylic acids is 2. The molecule has 0 rings (SSSR count). The number of ether oxygens (including phenoxy) is 2. The minimum absolute atomic E-state index is 0.0365. The van der Waals surface area contributed by atoms with Crippen LogP contribution < -0.4 is 5.73 Å². The first kappa shape index (κ1) is 50.2. The number of esters is 2. The molecule has 2 atom stereocenters. The molecule has 0 radical (unpaired) electrons. The minimum atomic E-state index is -4.40. The molecule has 0 aliphatic rings. The molecular formula is C43H72NO8P. The van der Waals surface area contributed by atoms with Crippen LogP contribution in [-0.2, 0) is 32.7 Å². The van der Waals surface area contributed by atoms with Gasteiger partial charge in [-0.2, -0.15) is 0 Å². The van der Waals surface area contributed by atoms with Crippen LogP contribution in [0.1, 0.15) is 142 Å². The van der Waals surface area contributed by atoms with Crippen LogP contribution in [-0.4, -0.2) is 49.3 Å². The molecule has 0 aromatic carbocycles. The topological polar surface area (TPSA) is 134 Å². The van der Waals surface area contributed by atoms with Crippen molar-refractivity contribution in [3.63, 3.8) is 0 Å². The number of carbonyl (C=O) groups is 2. The van der Waals surface area contributed by atoms with Gasteiger partial charge in [-0.15, -0.1) is 0 Å². The third kappa shape index (κ3) is 38.7. The highest BCUT2D eigenvalue weighted by atomic mass is 31.2. The summed E-state index contributed by atoms with van der Waals surface area (Å²) in [4.78, 5) is 34.7. The first-order chi connectivity index (χ1) is 25.8. The van der Waals surface area contributed by atoms with Gasteiger partial charge in [-0.1, -0.05) is 137 Å². The molecule has 0 aliphatic carbocycles. The summed E-state index contributed by atoms with van der Waals surface area (Å²) in [6, 6.07) is 0. The van der Waals surface area contributed by atoms with E-state index in [9.17, 15) is 19.0 Å². The van der Waals surface area contributed by atoms with E-state index in [1.807, 2.05) is 12.2 Å². The van der Waals surface area contributed by atoms with Gasteiger partial charge in [0.05, 0.1) is 13.2 Å². The average Bonchev–Trinajstić information content (AvgIpc) is 3.14. The number of allylic oxidation sites excluding steroid dienone is 14. The zero-order valence-corrected chi connectivity index (χ0v) is 33.9. The first-order valence-corrected chi connectivity index (χ1v) is 21.6. The van der Waals surface area contributed by atoms with E-state index >= 15 is 0 Å². The summed E-state index contributed by atoms with van der Waals surface area (Å²) in [5.41, 5.74) is 5.33. The van der Waals surface area contributed by atoms with Gasteiger partial charge < -0.3 is 20.1 Å². The van der Waals surface area contributed by atoms with Crippen LogP contribution in [0.5, 0.6) is 0 Å². The van der Waals surface area contributed by atoms with E-state index in [0.717, 1.165) is 70.6 Å². The van der Waals surface area contributed by atoms with Crippen molar-refractivity contribution in [3.05, 3.63) is 85.1 Å². The molecule has 0 spiro atoms. The van der Waals surface area contributed by atoms with Crippen LogP contribution in [0.2, 0.25) is 0 Å². The van der Waals surface area contributed by atoms with Gasteiger partial charge in [0.1, 0.15) is 6.61 Å². The largest absolute Gasteiger partial charge is 0.472 e. The fraction of sp³-hybridized carbons (Fsp3) is 0.628. The zero-order valence-electron chi connectivity index (χ0n) is 33.0. The Bertz CT molecular complexity index is 1140. The Hall–Kier alpha value is -2.81. The fourth-order valence-corrected chi connectivity index (χ4v) is 5.59. The highest BCUT2D eigenvalue weighted by Gasteiger charge is 2.25. The van der Waals surface area contributed by atoms with Crippen molar-refractivity contribution in [2.45, 2.75) is 148 Å². The molecule has 53 heavy (non-hydrogen) atoms. The second-order valence-corrected chi connectivity index (χ2v) is 14.2. The summed E-state index contributed by atoms with van der Waals surface area (Å²) in [5.74, 6) is -0.947. The van der Waals surface area contributed by atoms with E-state index in [1.165, 1.54) is 32.1 Å². The lowest BCUT2D eigenvalue weighted by Crippen LogP contribution is -2.29. The Morgan fingerprint density at radius 2 is 1.08 bits per heavy atom. The predicted octanol–water partition coefficient (Wildman–Crippen LogP) is 11.3. The van der Waals surface area contributed by atoms with E-state index in [2.05, 4.69) is 86.8 Å². The fourth-order valence-electron chi connectivity index (χ4n) is 4.83. The van der Waals surface area contributed by atoms with E-state index in [4.69, 9.17) is 24.3 Å². The Morgan fingerprint density at radius 3 is 1.62 bits per heavy atom. The van der Waals surface area contributed by atoms with Crippen molar-refractivity contribution in [3.8, 4) is 0 Å². The third-order valence-electron chi connectivity index (χ3n) is 7.78. The molecule has 0 bridgehead atoms. The third-order valence-corrected chi connectivity index (χ3v) is 8.76. The SMILES string of the molecule is CC/C=C\C/C=C\C/C=C\C/C=C\C/C=C\C/C=C\CCC(=O)OC(COC(=O)CCCCCCC/C=C\CCCCCC)COP(=O)(O)OCCN. The Labute approximate surface area is 322 Å².